The molecule has 1 aliphatic heterocycles. The minimum absolute atomic E-state index is 0.0223. The van der Waals surface area contributed by atoms with E-state index in [9.17, 15) is 9.59 Å². The van der Waals surface area contributed by atoms with Gasteiger partial charge in [0.15, 0.2) is 0 Å². The number of carbonyl (C=O) groups is 2. The number of hydrogen-bond donors (Lipinski definition) is 1. The van der Waals surface area contributed by atoms with Crippen LogP contribution in [-0.4, -0.2) is 44.0 Å². The monoisotopic (exact) mass is 461 g/mol. The zero-order valence-electron chi connectivity index (χ0n) is 19.4. The summed E-state index contributed by atoms with van der Waals surface area (Å²) in [5, 5.41) is 3.02. The van der Waals surface area contributed by atoms with Gasteiger partial charge in [-0.1, -0.05) is 60.7 Å². The van der Waals surface area contributed by atoms with E-state index in [1.807, 2.05) is 24.3 Å². The number of esters is 1. The maximum atomic E-state index is 12.8. The fourth-order valence-electron chi connectivity index (χ4n) is 5.07. The predicted octanol–water partition coefficient (Wildman–Crippen LogP) is 4.97. The van der Waals surface area contributed by atoms with E-state index in [4.69, 9.17) is 14.2 Å². The quantitative estimate of drug-likeness (QED) is 0.466. The van der Waals surface area contributed by atoms with Crippen LogP contribution in [0.5, 0.6) is 0 Å². The molecule has 2 aliphatic carbocycles. The Bertz CT molecular complexity index is 1030. The van der Waals surface area contributed by atoms with Crippen LogP contribution in [0.1, 0.15) is 49.1 Å². The highest BCUT2D eigenvalue weighted by atomic mass is 16.5. The summed E-state index contributed by atoms with van der Waals surface area (Å²) in [5.74, 6) is 0.351. The fraction of sp³-hybridized carbons (Fsp3) is 0.429. The number of ether oxygens (including phenoxy) is 3. The molecule has 0 radical (unpaired) electrons. The summed E-state index contributed by atoms with van der Waals surface area (Å²) in [4.78, 5) is 24.6. The number of benzene rings is 2. The third kappa shape index (κ3) is 5.17. The molecule has 1 amide bonds. The molecule has 0 aromatic heterocycles. The van der Waals surface area contributed by atoms with Gasteiger partial charge in [-0.15, -0.1) is 0 Å². The van der Waals surface area contributed by atoms with Crippen LogP contribution < -0.4 is 5.32 Å². The van der Waals surface area contributed by atoms with Crippen molar-refractivity contribution in [2.45, 2.75) is 56.3 Å². The molecule has 1 N–H and O–H groups in total. The highest BCUT2D eigenvalue weighted by molar-refractivity contribution is 5.79. The summed E-state index contributed by atoms with van der Waals surface area (Å²) in [6.45, 7) is 0.277. The van der Waals surface area contributed by atoms with Crippen molar-refractivity contribution in [3.05, 3.63) is 71.8 Å². The van der Waals surface area contributed by atoms with E-state index in [0.29, 0.717) is 18.8 Å². The predicted molar refractivity (Wildman–Crippen MR) is 128 cm³/mol. The molecule has 1 saturated heterocycles. The van der Waals surface area contributed by atoms with Crippen LogP contribution in [-0.2, 0) is 19.0 Å². The zero-order valence-corrected chi connectivity index (χ0v) is 19.4. The summed E-state index contributed by atoms with van der Waals surface area (Å²) in [5.41, 5.74) is 4.77. The zero-order chi connectivity index (χ0) is 23.5. The highest BCUT2D eigenvalue weighted by Crippen LogP contribution is 2.44. The molecule has 3 atom stereocenters. The Morgan fingerprint density at radius 1 is 1.00 bits per heavy atom. The maximum absolute atomic E-state index is 12.8. The third-order valence-corrected chi connectivity index (χ3v) is 6.94. The highest BCUT2D eigenvalue weighted by Gasteiger charge is 2.33. The van der Waals surface area contributed by atoms with Crippen molar-refractivity contribution >= 4 is 12.1 Å². The number of allylic oxidation sites excluding steroid dienone is 1. The van der Waals surface area contributed by atoms with Gasteiger partial charge in [0.2, 0.25) is 0 Å². The number of hydrogen-bond acceptors (Lipinski definition) is 5. The summed E-state index contributed by atoms with van der Waals surface area (Å²) in [6.07, 6.45) is 7.22. The lowest BCUT2D eigenvalue weighted by Gasteiger charge is -2.34. The summed E-state index contributed by atoms with van der Waals surface area (Å²) >= 11 is 0. The van der Waals surface area contributed by atoms with Gasteiger partial charge in [-0.05, 0) is 53.9 Å². The molecule has 6 nitrogen and oxygen atoms in total. The van der Waals surface area contributed by atoms with Gasteiger partial charge in [-0.25, -0.2) is 4.79 Å². The Hall–Kier alpha value is -3.12. The Balaban J connectivity index is 1.21. The first-order valence-electron chi connectivity index (χ1n) is 12.1. The molecule has 2 fully saturated rings. The van der Waals surface area contributed by atoms with Crippen molar-refractivity contribution < 1.29 is 23.8 Å². The average Bonchev–Trinajstić information content (AvgIpc) is 3.62. The van der Waals surface area contributed by atoms with Crippen LogP contribution in [0.25, 0.3) is 11.1 Å². The van der Waals surface area contributed by atoms with E-state index in [1.54, 1.807) is 0 Å². The number of nitrogens with one attached hydrogen (secondary N) is 1. The third-order valence-electron chi connectivity index (χ3n) is 6.94. The summed E-state index contributed by atoms with van der Waals surface area (Å²) < 4.78 is 16.6. The van der Waals surface area contributed by atoms with E-state index in [-0.39, 0.29) is 43.2 Å². The van der Waals surface area contributed by atoms with Gasteiger partial charge in [-0.3, -0.25) is 4.79 Å². The number of carbonyl (C=O) groups excluding carboxylic acids is 2. The molecule has 34 heavy (non-hydrogen) atoms. The van der Waals surface area contributed by atoms with E-state index in [1.165, 1.54) is 42.2 Å². The minimum atomic E-state index is -0.435. The van der Waals surface area contributed by atoms with Crippen molar-refractivity contribution in [2.24, 2.45) is 5.92 Å². The Labute approximate surface area is 200 Å². The number of amides is 1. The molecule has 2 aromatic carbocycles. The van der Waals surface area contributed by atoms with Gasteiger partial charge in [0, 0.05) is 12.0 Å². The topological polar surface area (TPSA) is 73.9 Å². The Morgan fingerprint density at radius 2 is 1.68 bits per heavy atom. The molecule has 1 saturated carbocycles. The van der Waals surface area contributed by atoms with Gasteiger partial charge in [0.25, 0.3) is 0 Å². The number of alkyl carbamates (subject to hydrolysis) is 1. The molecular formula is C28H31NO5. The molecule has 178 valence electrons. The summed E-state index contributed by atoms with van der Waals surface area (Å²) in [6, 6.07) is 16.4. The van der Waals surface area contributed by atoms with E-state index >= 15 is 0 Å². The SMILES string of the molecule is COC(=O)CC1CC(NC(=O)OCC2c3ccccc3-c3ccccc32)CC(/C=C/C2CC2)O1. The molecule has 2 aromatic rings. The Kier molecular flexibility index (Phi) is 6.68. The lowest BCUT2D eigenvalue weighted by Crippen LogP contribution is -2.45. The van der Waals surface area contributed by atoms with Gasteiger partial charge < -0.3 is 19.5 Å². The molecule has 6 heteroatoms. The molecule has 1 heterocycles. The number of rotatable bonds is 7. The van der Waals surface area contributed by atoms with E-state index < -0.39 is 6.09 Å². The second-order valence-electron chi connectivity index (χ2n) is 9.44. The molecule has 0 spiro atoms. The lowest BCUT2D eigenvalue weighted by atomic mass is 9.96. The van der Waals surface area contributed by atoms with Gasteiger partial charge >= 0.3 is 12.1 Å². The van der Waals surface area contributed by atoms with Crippen molar-refractivity contribution in [3.63, 3.8) is 0 Å². The van der Waals surface area contributed by atoms with E-state index in [2.05, 4.69) is 41.7 Å². The van der Waals surface area contributed by atoms with Crippen molar-refractivity contribution in [2.75, 3.05) is 13.7 Å². The van der Waals surface area contributed by atoms with Crippen LogP contribution in [0.3, 0.4) is 0 Å². The standard InChI is InChI=1S/C28H31NO5/c1-32-27(30)16-21-15-19(14-20(34-21)13-12-18-10-11-18)29-28(31)33-17-26-24-8-4-2-6-22(24)23-7-3-5-9-25(23)26/h2-9,12-13,18-21,26H,10-11,14-17H2,1H3,(H,29,31)/b13-12+. The maximum Gasteiger partial charge on any atom is 0.407 e. The smallest absolute Gasteiger partial charge is 0.407 e. The van der Waals surface area contributed by atoms with Crippen LogP contribution in [0, 0.1) is 5.92 Å². The van der Waals surface area contributed by atoms with Crippen LogP contribution in [0.4, 0.5) is 4.79 Å². The second-order valence-corrected chi connectivity index (χ2v) is 9.44. The fourth-order valence-corrected chi connectivity index (χ4v) is 5.07. The number of methoxy groups -OCH3 is 1. The molecular weight excluding hydrogens is 430 g/mol. The molecule has 3 unspecified atom stereocenters. The van der Waals surface area contributed by atoms with Crippen LogP contribution in [0.15, 0.2) is 60.7 Å². The summed E-state index contributed by atoms with van der Waals surface area (Å²) in [7, 11) is 1.38. The van der Waals surface area contributed by atoms with Gasteiger partial charge in [0.05, 0.1) is 25.7 Å². The minimum Gasteiger partial charge on any atom is -0.469 e. The lowest BCUT2D eigenvalue weighted by molar-refractivity contribution is -0.146. The molecule has 5 rings (SSSR count). The van der Waals surface area contributed by atoms with Crippen LogP contribution in [0.2, 0.25) is 0 Å². The van der Waals surface area contributed by atoms with Crippen molar-refractivity contribution in [3.8, 4) is 11.1 Å². The Morgan fingerprint density at radius 3 is 2.32 bits per heavy atom. The van der Waals surface area contributed by atoms with Gasteiger partial charge in [-0.2, -0.15) is 0 Å². The first-order chi connectivity index (χ1) is 16.6. The number of fused-ring (bicyclic) bond motifs is 3. The molecule has 3 aliphatic rings. The van der Waals surface area contributed by atoms with E-state index in [0.717, 1.165) is 0 Å². The second kappa shape index (κ2) is 10.0. The largest absolute Gasteiger partial charge is 0.469 e. The van der Waals surface area contributed by atoms with Crippen molar-refractivity contribution in [1.82, 2.24) is 5.32 Å². The van der Waals surface area contributed by atoms with Gasteiger partial charge in [0.1, 0.15) is 6.61 Å². The first-order valence-corrected chi connectivity index (χ1v) is 12.1. The first kappa shape index (κ1) is 22.7. The average molecular weight is 462 g/mol. The normalized spacial score (nSPS) is 23.9. The van der Waals surface area contributed by atoms with Crippen molar-refractivity contribution in [1.29, 1.82) is 0 Å². The van der Waals surface area contributed by atoms with Crippen LogP contribution >= 0.6 is 0 Å². The molecule has 0 bridgehead atoms.